The summed E-state index contributed by atoms with van der Waals surface area (Å²) in [5.74, 6) is 1.34. The molecule has 4 nitrogen and oxygen atoms in total. The highest BCUT2D eigenvalue weighted by molar-refractivity contribution is 5.85. The van der Waals surface area contributed by atoms with Crippen LogP contribution in [0.2, 0.25) is 0 Å². The van der Waals surface area contributed by atoms with Crippen molar-refractivity contribution in [3.63, 3.8) is 0 Å². The molecule has 2 aromatic heterocycles. The highest BCUT2D eigenvalue weighted by Gasteiger charge is 2.18. The zero-order chi connectivity index (χ0) is 14.8. The van der Waals surface area contributed by atoms with E-state index in [4.69, 9.17) is 4.42 Å². The van der Waals surface area contributed by atoms with E-state index in [1.54, 1.807) is 0 Å². The van der Waals surface area contributed by atoms with Gasteiger partial charge < -0.3 is 8.98 Å². The smallest absolute Gasteiger partial charge is 0.264 e. The lowest BCUT2D eigenvalue weighted by atomic mass is 10.2. The second-order valence-corrected chi connectivity index (χ2v) is 5.47. The molecule has 0 saturated carbocycles. The minimum atomic E-state index is 0.390. The average Bonchev–Trinajstić information content (AvgIpc) is 3.10. The van der Waals surface area contributed by atoms with Crippen molar-refractivity contribution in [2.75, 3.05) is 0 Å². The third kappa shape index (κ3) is 2.46. The molecule has 2 heterocycles. The second-order valence-electron chi connectivity index (χ2n) is 5.47. The molecule has 0 bridgehead atoms. The van der Waals surface area contributed by atoms with Crippen LogP contribution in [0.15, 0.2) is 34.7 Å². The van der Waals surface area contributed by atoms with Gasteiger partial charge in [-0.1, -0.05) is 32.0 Å². The van der Waals surface area contributed by atoms with Crippen LogP contribution in [0.25, 0.3) is 22.5 Å². The van der Waals surface area contributed by atoms with Gasteiger partial charge in [-0.05, 0) is 31.9 Å². The third-order valence-electron chi connectivity index (χ3n) is 3.93. The molecule has 3 rings (SSSR count). The molecule has 0 saturated heterocycles. The van der Waals surface area contributed by atoms with E-state index >= 15 is 0 Å². The topological polar surface area (TPSA) is 43.9 Å². The van der Waals surface area contributed by atoms with Crippen LogP contribution in [0.3, 0.4) is 0 Å². The van der Waals surface area contributed by atoms with E-state index in [9.17, 15) is 0 Å². The first-order valence-corrected chi connectivity index (χ1v) is 7.67. The molecule has 1 aromatic carbocycles. The summed E-state index contributed by atoms with van der Waals surface area (Å²) in [6.07, 6.45) is 2.90. The molecule has 21 heavy (non-hydrogen) atoms. The molecule has 0 aliphatic carbocycles. The maximum atomic E-state index is 5.83. The minimum Gasteiger partial charge on any atom is -0.419 e. The fourth-order valence-electron chi connectivity index (χ4n) is 2.67. The van der Waals surface area contributed by atoms with Gasteiger partial charge in [0.25, 0.3) is 5.89 Å². The van der Waals surface area contributed by atoms with Gasteiger partial charge in [-0.25, -0.2) is 0 Å². The lowest BCUT2D eigenvalue weighted by Crippen LogP contribution is -2.05. The van der Waals surface area contributed by atoms with Crippen molar-refractivity contribution < 1.29 is 4.42 Å². The van der Waals surface area contributed by atoms with Crippen molar-refractivity contribution in [2.45, 2.75) is 46.1 Å². The fraction of sp³-hybridized carbons (Fsp3) is 0.412. The van der Waals surface area contributed by atoms with E-state index in [-0.39, 0.29) is 0 Å². The van der Waals surface area contributed by atoms with E-state index < -0.39 is 0 Å². The number of aryl methyl sites for hydroxylation is 1. The minimum absolute atomic E-state index is 0.390. The predicted octanol–water partition coefficient (Wildman–Crippen LogP) is 4.61. The molecule has 1 atom stereocenters. The number of rotatable bonds is 5. The molecule has 0 spiro atoms. The first kappa shape index (κ1) is 13.9. The van der Waals surface area contributed by atoms with Gasteiger partial charge in [-0.2, -0.15) is 0 Å². The molecule has 1 unspecified atom stereocenters. The molecule has 0 aliphatic heterocycles. The van der Waals surface area contributed by atoms with Gasteiger partial charge in [0.05, 0.1) is 0 Å². The quantitative estimate of drug-likeness (QED) is 0.686. The lowest BCUT2D eigenvalue weighted by Gasteiger charge is -2.15. The number of nitrogens with zero attached hydrogens (tertiary/aromatic N) is 3. The van der Waals surface area contributed by atoms with E-state index in [0.717, 1.165) is 25.0 Å². The summed E-state index contributed by atoms with van der Waals surface area (Å²) in [5.41, 5.74) is 2.23. The molecule has 110 valence electrons. The number of para-hydroxylation sites is 1. The summed E-state index contributed by atoms with van der Waals surface area (Å²) in [7, 11) is 0. The van der Waals surface area contributed by atoms with Gasteiger partial charge >= 0.3 is 0 Å². The number of fused-ring (bicyclic) bond motifs is 1. The third-order valence-corrected chi connectivity index (χ3v) is 3.93. The molecule has 0 amide bonds. The van der Waals surface area contributed by atoms with Crippen molar-refractivity contribution in [1.82, 2.24) is 14.8 Å². The van der Waals surface area contributed by atoms with Gasteiger partial charge in [-0.3, -0.25) is 0 Å². The maximum Gasteiger partial charge on any atom is 0.264 e. The van der Waals surface area contributed by atoms with Gasteiger partial charge in [0.15, 0.2) is 0 Å². The van der Waals surface area contributed by atoms with Crippen LogP contribution in [0, 0.1) is 0 Å². The van der Waals surface area contributed by atoms with Crippen molar-refractivity contribution in [3.8, 4) is 11.6 Å². The molecule has 0 fully saturated rings. The number of aromatic nitrogens is 3. The second kappa shape index (κ2) is 5.72. The summed E-state index contributed by atoms with van der Waals surface area (Å²) in [6, 6.07) is 10.9. The zero-order valence-electron chi connectivity index (χ0n) is 12.8. The molecular formula is C17H21N3O. The highest BCUT2D eigenvalue weighted by Crippen LogP contribution is 2.31. The highest BCUT2D eigenvalue weighted by atomic mass is 16.4. The summed E-state index contributed by atoms with van der Waals surface area (Å²) < 4.78 is 8.14. The lowest BCUT2D eigenvalue weighted by molar-refractivity contribution is 0.489. The number of benzene rings is 1. The largest absolute Gasteiger partial charge is 0.419 e. The SMILES string of the molecule is CCCc1nnc(-c2cc3ccccc3n2C(C)CC)o1. The fourth-order valence-corrected chi connectivity index (χ4v) is 2.67. The molecule has 0 radical (unpaired) electrons. The van der Waals surface area contributed by atoms with Crippen LogP contribution in [0.1, 0.15) is 45.5 Å². The Kier molecular flexibility index (Phi) is 3.78. The van der Waals surface area contributed by atoms with E-state index in [2.05, 4.69) is 65.9 Å². The summed E-state index contributed by atoms with van der Waals surface area (Å²) in [6.45, 7) is 6.53. The monoisotopic (exact) mass is 283 g/mol. The Morgan fingerprint density at radius 1 is 1.19 bits per heavy atom. The summed E-state index contributed by atoms with van der Waals surface area (Å²) in [4.78, 5) is 0. The van der Waals surface area contributed by atoms with Crippen molar-refractivity contribution in [3.05, 3.63) is 36.2 Å². The van der Waals surface area contributed by atoms with E-state index in [0.29, 0.717) is 17.8 Å². The van der Waals surface area contributed by atoms with Crippen molar-refractivity contribution in [2.24, 2.45) is 0 Å². The van der Waals surface area contributed by atoms with Gasteiger partial charge in [0, 0.05) is 23.4 Å². The Hall–Kier alpha value is -2.10. The number of hydrogen-bond donors (Lipinski definition) is 0. The van der Waals surface area contributed by atoms with Crippen LogP contribution < -0.4 is 0 Å². The molecule has 0 N–H and O–H groups in total. The van der Waals surface area contributed by atoms with Crippen LogP contribution in [-0.4, -0.2) is 14.8 Å². The Labute approximate surface area is 124 Å². The summed E-state index contributed by atoms with van der Waals surface area (Å²) in [5, 5.41) is 9.60. The molecular weight excluding hydrogens is 262 g/mol. The van der Waals surface area contributed by atoms with E-state index in [1.807, 2.05) is 0 Å². The zero-order valence-corrected chi connectivity index (χ0v) is 12.8. The summed E-state index contributed by atoms with van der Waals surface area (Å²) >= 11 is 0. The van der Waals surface area contributed by atoms with Crippen molar-refractivity contribution in [1.29, 1.82) is 0 Å². The maximum absolute atomic E-state index is 5.83. The van der Waals surface area contributed by atoms with E-state index in [1.165, 1.54) is 10.9 Å². The van der Waals surface area contributed by atoms with Crippen molar-refractivity contribution >= 4 is 10.9 Å². The predicted molar refractivity (Wildman–Crippen MR) is 84.2 cm³/mol. The Bertz CT molecular complexity index is 741. The molecule has 0 aliphatic rings. The average molecular weight is 283 g/mol. The normalized spacial score (nSPS) is 12.9. The number of hydrogen-bond acceptors (Lipinski definition) is 3. The van der Waals surface area contributed by atoms with Crippen LogP contribution in [0.5, 0.6) is 0 Å². The van der Waals surface area contributed by atoms with Crippen LogP contribution in [0.4, 0.5) is 0 Å². The van der Waals surface area contributed by atoms with Crippen LogP contribution in [-0.2, 0) is 6.42 Å². The van der Waals surface area contributed by atoms with Gasteiger partial charge in [0.1, 0.15) is 5.69 Å². The Balaban J connectivity index is 2.15. The molecule has 3 aromatic rings. The Morgan fingerprint density at radius 2 is 2.00 bits per heavy atom. The Morgan fingerprint density at radius 3 is 2.76 bits per heavy atom. The van der Waals surface area contributed by atoms with Crippen LogP contribution >= 0.6 is 0 Å². The first-order chi connectivity index (χ1) is 10.2. The van der Waals surface area contributed by atoms with Gasteiger partial charge in [-0.15, -0.1) is 10.2 Å². The molecule has 4 heteroatoms. The first-order valence-electron chi connectivity index (χ1n) is 7.67. The van der Waals surface area contributed by atoms with Gasteiger partial charge in [0.2, 0.25) is 5.89 Å². The standard InChI is InChI=1S/C17H21N3O/c1-4-8-16-18-19-17(21-16)15-11-13-9-6-7-10-14(13)20(15)12(3)5-2/h6-7,9-12H,4-5,8H2,1-3H3.